The normalized spacial score (nSPS) is 14.9. The number of nitrogens with zero attached hydrogens (tertiary/aromatic N) is 5. The van der Waals surface area contributed by atoms with E-state index in [9.17, 15) is 0 Å². The Bertz CT molecular complexity index is 1390. The van der Waals surface area contributed by atoms with E-state index in [1.54, 1.807) is 0 Å². The van der Waals surface area contributed by atoms with Crippen LogP contribution in [-0.2, 0) is 0 Å². The van der Waals surface area contributed by atoms with Crippen molar-refractivity contribution in [3.05, 3.63) is 68.2 Å². The number of aromatic nitrogens is 4. The third-order valence-electron chi connectivity index (χ3n) is 6.94. The summed E-state index contributed by atoms with van der Waals surface area (Å²) in [5, 5.41) is 5.00. The first-order valence-electron chi connectivity index (χ1n) is 12.6. The van der Waals surface area contributed by atoms with Gasteiger partial charge in [-0.3, -0.25) is 4.57 Å². The van der Waals surface area contributed by atoms with Crippen LogP contribution in [0, 0.1) is 31.3 Å². The Morgan fingerprint density at radius 3 is 2.42 bits per heavy atom. The van der Waals surface area contributed by atoms with Crippen LogP contribution in [0.1, 0.15) is 47.6 Å². The van der Waals surface area contributed by atoms with Crippen LogP contribution in [0.4, 0.5) is 11.6 Å². The Morgan fingerprint density at radius 1 is 1.00 bits per heavy atom. The van der Waals surface area contributed by atoms with E-state index in [1.165, 1.54) is 16.5 Å². The zero-order chi connectivity index (χ0) is 25.4. The first-order chi connectivity index (χ1) is 17.4. The number of aryl methyl sites for hydroxylation is 4. The fourth-order valence-corrected chi connectivity index (χ4v) is 6.23. The van der Waals surface area contributed by atoms with Crippen LogP contribution in [0.5, 0.6) is 0 Å². The molecule has 4 aromatic rings. The lowest BCUT2D eigenvalue weighted by molar-refractivity contribution is 0.724. The number of fused-ring (bicyclic) bond motifs is 1. The highest BCUT2D eigenvalue weighted by Crippen LogP contribution is 2.35. The Balaban J connectivity index is 1.60. The van der Waals surface area contributed by atoms with E-state index in [2.05, 4.69) is 108 Å². The Hall–Kier alpha value is -2.33. The second-order valence-corrected chi connectivity index (χ2v) is 11.8. The van der Waals surface area contributed by atoms with Crippen LogP contribution in [0.3, 0.4) is 0 Å². The average molecular weight is 613 g/mol. The number of benzene rings is 1. The van der Waals surface area contributed by atoms with Crippen molar-refractivity contribution in [2.45, 2.75) is 47.1 Å². The molecule has 1 atom stereocenters. The van der Waals surface area contributed by atoms with Crippen LogP contribution >= 0.6 is 34.4 Å². The van der Waals surface area contributed by atoms with Gasteiger partial charge < -0.3 is 10.2 Å². The summed E-state index contributed by atoms with van der Waals surface area (Å²) in [7, 11) is 0. The number of hydrogen-bond donors (Lipinski definition) is 1. The van der Waals surface area contributed by atoms with Gasteiger partial charge in [-0.1, -0.05) is 25.1 Å². The smallest absolute Gasteiger partial charge is 0.236 e. The van der Waals surface area contributed by atoms with Crippen LogP contribution < -0.4 is 10.2 Å². The van der Waals surface area contributed by atoms with Crippen molar-refractivity contribution in [2.24, 2.45) is 0 Å². The second-order valence-electron chi connectivity index (χ2n) is 9.48. The molecule has 36 heavy (non-hydrogen) atoms. The number of rotatable bonds is 6. The summed E-state index contributed by atoms with van der Waals surface area (Å²) in [5.74, 6) is 4.97. The molecule has 0 bridgehead atoms. The van der Waals surface area contributed by atoms with Gasteiger partial charge in [0.2, 0.25) is 5.95 Å². The molecular weight excluding hydrogens is 579 g/mol. The van der Waals surface area contributed by atoms with Gasteiger partial charge in [0.05, 0.1) is 20.8 Å². The molecule has 1 aromatic carbocycles. The van der Waals surface area contributed by atoms with E-state index in [1.807, 2.05) is 11.8 Å². The predicted molar refractivity (Wildman–Crippen MR) is 161 cm³/mol. The van der Waals surface area contributed by atoms with Gasteiger partial charge in [0.25, 0.3) is 0 Å². The molecule has 0 radical (unpaired) electrons. The Morgan fingerprint density at radius 2 is 1.72 bits per heavy atom. The molecule has 0 aliphatic carbocycles. The number of pyridine rings is 1. The van der Waals surface area contributed by atoms with Crippen molar-refractivity contribution < 1.29 is 0 Å². The fourth-order valence-electron chi connectivity index (χ4n) is 4.93. The zero-order valence-electron chi connectivity index (χ0n) is 21.6. The highest BCUT2D eigenvalue weighted by Gasteiger charge is 2.24. The quantitative estimate of drug-likeness (QED) is 0.243. The number of anilines is 2. The lowest BCUT2D eigenvalue weighted by Gasteiger charge is -2.32. The van der Waals surface area contributed by atoms with Crippen molar-refractivity contribution >= 4 is 56.9 Å². The number of nitrogens with one attached hydrogen (secondary N) is 1. The molecule has 1 fully saturated rings. The molecule has 4 heterocycles. The molecule has 0 saturated carbocycles. The third kappa shape index (κ3) is 4.81. The number of halogens is 1. The molecule has 0 spiro atoms. The highest BCUT2D eigenvalue weighted by atomic mass is 127. The van der Waals surface area contributed by atoms with E-state index < -0.39 is 0 Å². The van der Waals surface area contributed by atoms with Gasteiger partial charge in [0.15, 0.2) is 0 Å². The molecule has 3 aromatic heterocycles. The molecule has 0 amide bonds. The van der Waals surface area contributed by atoms with Crippen molar-refractivity contribution in [3.63, 3.8) is 0 Å². The lowest BCUT2D eigenvalue weighted by Crippen LogP contribution is -2.34. The molecule has 1 aliphatic heterocycles. The summed E-state index contributed by atoms with van der Waals surface area (Å²) in [6.45, 7) is 12.7. The van der Waals surface area contributed by atoms with Gasteiger partial charge in [0, 0.05) is 46.9 Å². The average Bonchev–Trinajstić information content (AvgIpc) is 3.22. The van der Waals surface area contributed by atoms with Gasteiger partial charge in [-0.15, -0.1) is 0 Å². The van der Waals surface area contributed by atoms with Crippen LogP contribution in [0.15, 0.2) is 36.4 Å². The van der Waals surface area contributed by atoms with Crippen molar-refractivity contribution in [2.75, 3.05) is 34.8 Å². The van der Waals surface area contributed by atoms with Crippen LogP contribution in [0.2, 0.25) is 0 Å². The topological polar surface area (TPSA) is 58.9 Å². The van der Waals surface area contributed by atoms with E-state index in [4.69, 9.17) is 15.0 Å². The van der Waals surface area contributed by atoms with Crippen molar-refractivity contribution in [3.8, 4) is 5.95 Å². The molecule has 1 unspecified atom stereocenters. The molecule has 5 rings (SSSR count). The van der Waals surface area contributed by atoms with Gasteiger partial charge in [0.1, 0.15) is 11.6 Å². The summed E-state index contributed by atoms with van der Waals surface area (Å²) in [5.41, 5.74) is 6.79. The maximum absolute atomic E-state index is 5.27. The van der Waals surface area contributed by atoms with E-state index in [-0.39, 0.29) is 6.04 Å². The Kier molecular flexibility index (Phi) is 7.44. The maximum Gasteiger partial charge on any atom is 0.236 e. The van der Waals surface area contributed by atoms with Gasteiger partial charge >= 0.3 is 0 Å². The highest BCUT2D eigenvalue weighted by molar-refractivity contribution is 14.1. The molecule has 1 N–H and O–H groups in total. The number of thioether (sulfide) groups is 1. The van der Waals surface area contributed by atoms with E-state index in [0.717, 1.165) is 68.8 Å². The lowest BCUT2D eigenvalue weighted by atomic mass is 10.0. The van der Waals surface area contributed by atoms with Crippen molar-refractivity contribution in [1.29, 1.82) is 0 Å². The third-order valence-corrected chi connectivity index (χ3v) is 9.17. The molecule has 6 nitrogen and oxygen atoms in total. The fraction of sp³-hybridized carbons (Fsp3) is 0.393. The number of hydrogen-bond acceptors (Lipinski definition) is 6. The van der Waals surface area contributed by atoms with E-state index >= 15 is 0 Å². The summed E-state index contributed by atoms with van der Waals surface area (Å²) >= 11 is 4.39. The standard InChI is InChI=1S/C28H33IN6S/c1-6-23(31-26-24(29)20(5)30-28(33-26)35-18(3)10-11-19(35)4)22-16-21-9-7-8-17(2)25(21)32-27(22)34-12-14-36-15-13-34/h7-11,16,23H,6,12-15H2,1-5H3,(H,30,31,33). The number of para-hydroxylation sites is 1. The first-order valence-corrected chi connectivity index (χ1v) is 14.8. The molecule has 8 heteroatoms. The van der Waals surface area contributed by atoms with Gasteiger partial charge in [-0.2, -0.15) is 16.7 Å². The molecular formula is C28H33IN6S. The summed E-state index contributed by atoms with van der Waals surface area (Å²) < 4.78 is 3.17. The predicted octanol–water partition coefficient (Wildman–Crippen LogP) is 6.77. The summed E-state index contributed by atoms with van der Waals surface area (Å²) in [6.07, 6.45) is 0.921. The summed E-state index contributed by atoms with van der Waals surface area (Å²) in [6, 6.07) is 13.1. The largest absolute Gasteiger partial charge is 0.362 e. The molecule has 1 aliphatic rings. The maximum atomic E-state index is 5.27. The zero-order valence-corrected chi connectivity index (χ0v) is 24.6. The Labute approximate surface area is 231 Å². The van der Waals surface area contributed by atoms with Crippen LogP contribution in [-0.4, -0.2) is 44.1 Å². The minimum absolute atomic E-state index is 0.0783. The first kappa shape index (κ1) is 25.3. The van der Waals surface area contributed by atoms with Gasteiger partial charge in [-0.05, 0) is 80.5 Å². The monoisotopic (exact) mass is 612 g/mol. The summed E-state index contributed by atoms with van der Waals surface area (Å²) in [4.78, 5) is 17.6. The molecule has 188 valence electrons. The molecule has 1 saturated heterocycles. The second kappa shape index (κ2) is 10.6. The minimum Gasteiger partial charge on any atom is -0.362 e. The van der Waals surface area contributed by atoms with Crippen LogP contribution in [0.25, 0.3) is 16.9 Å². The SMILES string of the molecule is CCC(Nc1nc(-n2c(C)ccc2C)nc(C)c1I)c1cc2cccc(C)c2nc1N1CCSCC1. The minimum atomic E-state index is 0.0783. The van der Waals surface area contributed by atoms with E-state index in [0.29, 0.717) is 5.95 Å². The van der Waals surface area contributed by atoms with Crippen molar-refractivity contribution in [1.82, 2.24) is 19.5 Å². The van der Waals surface area contributed by atoms with Gasteiger partial charge in [-0.25, -0.2) is 9.97 Å².